The summed E-state index contributed by atoms with van der Waals surface area (Å²) in [6, 6.07) is 1.58. The van der Waals surface area contributed by atoms with E-state index in [-0.39, 0.29) is 5.43 Å². The zero-order valence-corrected chi connectivity index (χ0v) is 15.9. The Morgan fingerprint density at radius 3 is 2.68 bits per heavy atom. The standard InChI is InChI=1S/C18H19NO3S.C2H6/c1-3-5-13(6-4-2)14-12-23-18-15(20)11-16(22-17(14)18)19-7-9-21-10-8-19;1-2/h3-6,11-12H,1,7-10H2,2H3;1-2H3/b6-4-,13-5+;. The monoisotopic (exact) mass is 359 g/mol. The fraction of sp³-hybridized carbons (Fsp3) is 0.350. The van der Waals surface area contributed by atoms with Crippen LogP contribution >= 0.6 is 11.3 Å². The number of nitrogens with zero attached hydrogens (tertiary/aromatic N) is 1. The highest BCUT2D eigenvalue weighted by molar-refractivity contribution is 7.17. The molecule has 0 amide bonds. The first kappa shape index (κ1) is 19.2. The maximum Gasteiger partial charge on any atom is 0.204 e. The molecule has 5 heteroatoms. The zero-order valence-electron chi connectivity index (χ0n) is 15.1. The molecule has 0 saturated carbocycles. The molecule has 1 fully saturated rings. The summed E-state index contributed by atoms with van der Waals surface area (Å²) in [5, 5.41) is 1.97. The van der Waals surface area contributed by atoms with E-state index in [2.05, 4.69) is 11.5 Å². The molecule has 3 heterocycles. The van der Waals surface area contributed by atoms with Crippen LogP contribution in [0.1, 0.15) is 26.3 Å². The maximum atomic E-state index is 12.4. The van der Waals surface area contributed by atoms with Crippen molar-refractivity contribution >= 4 is 33.1 Å². The second-order valence-electron chi connectivity index (χ2n) is 5.21. The molecular weight excluding hydrogens is 334 g/mol. The van der Waals surface area contributed by atoms with Crippen LogP contribution in [0, 0.1) is 0 Å². The van der Waals surface area contributed by atoms with Gasteiger partial charge in [0, 0.05) is 30.1 Å². The van der Waals surface area contributed by atoms with E-state index in [1.165, 1.54) is 11.3 Å². The molecule has 0 spiro atoms. The summed E-state index contributed by atoms with van der Waals surface area (Å²) >= 11 is 1.42. The minimum atomic E-state index is 0.00224. The Morgan fingerprint density at radius 2 is 2.04 bits per heavy atom. The Hall–Kier alpha value is -2.11. The lowest BCUT2D eigenvalue weighted by Gasteiger charge is -2.27. The molecule has 0 aliphatic carbocycles. The Labute approximate surface area is 152 Å². The van der Waals surface area contributed by atoms with Crippen LogP contribution < -0.4 is 10.3 Å². The molecule has 0 atom stereocenters. The van der Waals surface area contributed by atoms with E-state index in [0.29, 0.717) is 29.4 Å². The van der Waals surface area contributed by atoms with Crippen LogP contribution in [-0.2, 0) is 4.74 Å². The van der Waals surface area contributed by atoms with Crippen LogP contribution in [0.5, 0.6) is 0 Å². The molecule has 1 aliphatic rings. The Bertz CT molecular complexity index is 823. The number of morpholine rings is 1. The quantitative estimate of drug-likeness (QED) is 0.731. The first-order valence-corrected chi connectivity index (χ1v) is 9.46. The SMILES string of the molecule is C=C/C=C(\C=C/C)c1csc2c(=O)cc(N3CCOCC3)oc12.CC. The van der Waals surface area contributed by atoms with Crippen molar-refractivity contribution in [2.45, 2.75) is 20.8 Å². The molecule has 0 radical (unpaired) electrons. The van der Waals surface area contributed by atoms with Crippen molar-refractivity contribution < 1.29 is 9.15 Å². The van der Waals surface area contributed by atoms with Crippen molar-refractivity contribution in [3.8, 4) is 0 Å². The summed E-state index contributed by atoms with van der Waals surface area (Å²) in [5.74, 6) is 0.615. The van der Waals surface area contributed by atoms with Gasteiger partial charge in [-0.3, -0.25) is 4.79 Å². The van der Waals surface area contributed by atoms with E-state index in [4.69, 9.17) is 9.15 Å². The summed E-state index contributed by atoms with van der Waals surface area (Å²) in [4.78, 5) is 14.5. The van der Waals surface area contributed by atoms with Gasteiger partial charge in [-0.1, -0.05) is 44.7 Å². The topological polar surface area (TPSA) is 42.7 Å². The Balaban J connectivity index is 0.00000109. The first-order valence-electron chi connectivity index (χ1n) is 8.58. The van der Waals surface area contributed by atoms with Crippen molar-refractivity contribution in [1.82, 2.24) is 0 Å². The van der Waals surface area contributed by atoms with Gasteiger partial charge in [-0.15, -0.1) is 11.3 Å². The third kappa shape index (κ3) is 4.30. The highest BCUT2D eigenvalue weighted by Crippen LogP contribution is 2.32. The summed E-state index contributed by atoms with van der Waals surface area (Å²) in [7, 11) is 0. The second-order valence-corrected chi connectivity index (χ2v) is 6.09. The number of ether oxygens (including phenoxy) is 1. The summed E-state index contributed by atoms with van der Waals surface area (Å²) < 4.78 is 12.1. The van der Waals surface area contributed by atoms with Crippen LogP contribution in [0.2, 0.25) is 0 Å². The van der Waals surface area contributed by atoms with Gasteiger partial charge in [-0.25, -0.2) is 0 Å². The van der Waals surface area contributed by atoms with Gasteiger partial charge in [0.1, 0.15) is 4.70 Å². The van der Waals surface area contributed by atoms with Gasteiger partial charge in [-0.2, -0.15) is 0 Å². The van der Waals surface area contributed by atoms with Gasteiger partial charge in [0.2, 0.25) is 5.43 Å². The predicted molar refractivity (Wildman–Crippen MR) is 108 cm³/mol. The molecule has 0 aromatic carbocycles. The average Bonchev–Trinajstić information content (AvgIpc) is 3.08. The molecule has 3 rings (SSSR count). The van der Waals surface area contributed by atoms with Crippen LogP contribution in [0.25, 0.3) is 15.9 Å². The average molecular weight is 359 g/mol. The lowest BCUT2D eigenvalue weighted by molar-refractivity contribution is 0.121. The van der Waals surface area contributed by atoms with Crippen LogP contribution in [0.3, 0.4) is 0 Å². The summed E-state index contributed by atoms with van der Waals surface area (Å²) in [6.07, 6.45) is 7.61. The third-order valence-electron chi connectivity index (χ3n) is 3.71. The van der Waals surface area contributed by atoms with E-state index < -0.39 is 0 Å². The smallest absolute Gasteiger partial charge is 0.204 e. The largest absolute Gasteiger partial charge is 0.439 e. The Morgan fingerprint density at radius 1 is 1.32 bits per heavy atom. The van der Waals surface area contributed by atoms with Crippen LogP contribution in [0.15, 0.2) is 51.5 Å². The molecule has 1 aliphatic heterocycles. The molecule has 0 bridgehead atoms. The fourth-order valence-electron chi connectivity index (χ4n) is 2.61. The summed E-state index contributed by atoms with van der Waals surface area (Å²) in [6.45, 7) is 12.5. The molecular formula is C20H25NO3S. The van der Waals surface area contributed by atoms with Crippen molar-refractivity contribution in [2.24, 2.45) is 0 Å². The van der Waals surface area contributed by atoms with Gasteiger partial charge in [0.05, 0.1) is 13.2 Å². The lowest BCUT2D eigenvalue weighted by Crippen LogP contribution is -2.36. The number of anilines is 1. The number of allylic oxidation sites excluding steroid dienone is 5. The highest BCUT2D eigenvalue weighted by Gasteiger charge is 2.18. The Kier molecular flexibility index (Phi) is 7.22. The molecule has 0 unspecified atom stereocenters. The van der Waals surface area contributed by atoms with Crippen molar-refractivity contribution in [1.29, 1.82) is 0 Å². The molecule has 2 aromatic heterocycles. The second kappa shape index (κ2) is 9.39. The predicted octanol–water partition coefficient (Wildman–Crippen LogP) is 4.86. The van der Waals surface area contributed by atoms with Crippen LogP contribution in [-0.4, -0.2) is 26.3 Å². The zero-order chi connectivity index (χ0) is 18.2. The van der Waals surface area contributed by atoms with Gasteiger partial charge < -0.3 is 14.1 Å². The normalized spacial score (nSPS) is 15.3. The van der Waals surface area contributed by atoms with Crippen molar-refractivity contribution in [3.05, 3.63) is 58.1 Å². The molecule has 25 heavy (non-hydrogen) atoms. The van der Waals surface area contributed by atoms with E-state index in [1.54, 1.807) is 12.1 Å². The van der Waals surface area contributed by atoms with Gasteiger partial charge in [0.15, 0.2) is 11.5 Å². The van der Waals surface area contributed by atoms with Gasteiger partial charge >= 0.3 is 0 Å². The number of fused-ring (bicyclic) bond motifs is 1. The molecule has 0 N–H and O–H groups in total. The third-order valence-corrected chi connectivity index (χ3v) is 4.68. The van der Waals surface area contributed by atoms with E-state index in [1.807, 2.05) is 44.4 Å². The van der Waals surface area contributed by atoms with Gasteiger partial charge in [-0.05, 0) is 12.5 Å². The number of hydrogen-bond donors (Lipinski definition) is 0. The highest BCUT2D eigenvalue weighted by atomic mass is 32.1. The summed E-state index contributed by atoms with van der Waals surface area (Å²) in [5.41, 5.74) is 2.56. The molecule has 134 valence electrons. The number of hydrogen-bond acceptors (Lipinski definition) is 5. The van der Waals surface area contributed by atoms with E-state index in [9.17, 15) is 4.79 Å². The fourth-order valence-corrected chi connectivity index (χ4v) is 3.52. The van der Waals surface area contributed by atoms with Crippen molar-refractivity contribution in [3.63, 3.8) is 0 Å². The lowest BCUT2D eigenvalue weighted by atomic mass is 10.1. The number of rotatable bonds is 4. The molecule has 2 aromatic rings. The minimum absolute atomic E-state index is 0.00224. The number of thiophene rings is 1. The van der Waals surface area contributed by atoms with Crippen LogP contribution in [0.4, 0.5) is 5.88 Å². The first-order chi connectivity index (χ1) is 12.2. The van der Waals surface area contributed by atoms with E-state index in [0.717, 1.165) is 24.2 Å². The molecule has 4 nitrogen and oxygen atoms in total. The maximum absolute atomic E-state index is 12.4. The minimum Gasteiger partial charge on any atom is -0.439 e. The molecule has 1 saturated heterocycles. The van der Waals surface area contributed by atoms with Gasteiger partial charge in [0.25, 0.3) is 0 Å². The van der Waals surface area contributed by atoms with E-state index >= 15 is 0 Å². The van der Waals surface area contributed by atoms with Crippen molar-refractivity contribution in [2.75, 3.05) is 31.2 Å².